The van der Waals surface area contributed by atoms with E-state index in [9.17, 15) is 0 Å². The van der Waals surface area contributed by atoms with Crippen molar-refractivity contribution in [1.82, 2.24) is 30.4 Å². The molecule has 1 fully saturated rings. The molecule has 0 saturated carbocycles. The highest BCUT2D eigenvalue weighted by atomic mass is 127. The van der Waals surface area contributed by atoms with Crippen LogP contribution in [0.15, 0.2) is 10.4 Å². The minimum atomic E-state index is 0. The maximum atomic E-state index is 5.69. The molecule has 0 bridgehead atoms. The van der Waals surface area contributed by atoms with E-state index in [0.717, 1.165) is 54.4 Å². The number of aliphatic imine (C=N–C) groups is 1. The number of nitrogens with one attached hydrogen (secondary N) is 2. The Hall–Kier alpha value is -1.47. The number of hydrogen-bond donors (Lipinski definition) is 2. The Morgan fingerprint density at radius 2 is 2.21 bits per heavy atom. The summed E-state index contributed by atoms with van der Waals surface area (Å²) in [6, 6.07) is 0. The molecule has 0 spiro atoms. The van der Waals surface area contributed by atoms with Crippen LogP contribution in [-0.2, 0) is 24.9 Å². The molecule has 11 heteroatoms. The molecule has 2 N–H and O–H groups in total. The summed E-state index contributed by atoms with van der Waals surface area (Å²) in [7, 11) is 5.94. The molecule has 0 aromatic carbocycles. The zero-order valence-electron chi connectivity index (χ0n) is 16.8. The van der Waals surface area contributed by atoms with E-state index in [1.54, 1.807) is 11.3 Å². The van der Waals surface area contributed by atoms with Crippen LogP contribution >= 0.6 is 35.3 Å². The SMILES string of the molecule is Cc1nnc(CNC(=NCc2csc(N(C)C)n2)NCC2CCCO2)n1C.I. The van der Waals surface area contributed by atoms with Crippen molar-refractivity contribution in [2.75, 3.05) is 32.1 Å². The molecule has 9 nitrogen and oxygen atoms in total. The zero-order valence-corrected chi connectivity index (χ0v) is 20.0. The van der Waals surface area contributed by atoms with Crippen molar-refractivity contribution in [3.63, 3.8) is 0 Å². The van der Waals surface area contributed by atoms with Gasteiger partial charge in [0.25, 0.3) is 0 Å². The molecule has 1 unspecified atom stereocenters. The number of nitrogens with zero attached hydrogens (tertiary/aromatic N) is 6. The van der Waals surface area contributed by atoms with Crippen LogP contribution in [0.4, 0.5) is 5.13 Å². The van der Waals surface area contributed by atoms with Crippen LogP contribution in [0, 0.1) is 6.92 Å². The molecule has 1 aliphatic heterocycles. The predicted molar refractivity (Wildman–Crippen MR) is 123 cm³/mol. The van der Waals surface area contributed by atoms with Gasteiger partial charge in [0, 0.05) is 39.7 Å². The third kappa shape index (κ3) is 6.27. The Morgan fingerprint density at radius 3 is 2.82 bits per heavy atom. The van der Waals surface area contributed by atoms with Gasteiger partial charge in [-0.15, -0.1) is 45.5 Å². The molecule has 2 aromatic heterocycles. The molecular weight excluding hydrogens is 491 g/mol. The Labute approximate surface area is 187 Å². The van der Waals surface area contributed by atoms with E-state index in [1.807, 2.05) is 42.9 Å². The Bertz CT molecular complexity index is 769. The van der Waals surface area contributed by atoms with Crippen LogP contribution in [0.25, 0.3) is 0 Å². The van der Waals surface area contributed by atoms with Crippen molar-refractivity contribution < 1.29 is 4.74 Å². The van der Waals surface area contributed by atoms with Gasteiger partial charge in [-0.2, -0.15) is 0 Å². The minimum Gasteiger partial charge on any atom is -0.376 e. The van der Waals surface area contributed by atoms with Crippen LogP contribution < -0.4 is 15.5 Å². The second-order valence-electron chi connectivity index (χ2n) is 6.77. The number of halogens is 1. The third-order valence-corrected chi connectivity index (χ3v) is 5.50. The topological polar surface area (TPSA) is 92.5 Å². The molecule has 0 aliphatic carbocycles. The second kappa shape index (κ2) is 10.9. The normalized spacial score (nSPS) is 16.7. The number of hydrogen-bond acceptors (Lipinski definition) is 7. The van der Waals surface area contributed by atoms with Crippen molar-refractivity contribution in [3.8, 4) is 0 Å². The molecule has 1 saturated heterocycles. The van der Waals surface area contributed by atoms with Gasteiger partial charge in [-0.25, -0.2) is 9.98 Å². The zero-order chi connectivity index (χ0) is 19.2. The van der Waals surface area contributed by atoms with Crippen LogP contribution in [0.2, 0.25) is 0 Å². The highest BCUT2D eigenvalue weighted by molar-refractivity contribution is 14.0. The Balaban J connectivity index is 0.00000280. The quantitative estimate of drug-likeness (QED) is 0.326. The van der Waals surface area contributed by atoms with Gasteiger partial charge in [0.1, 0.15) is 5.82 Å². The minimum absolute atomic E-state index is 0. The van der Waals surface area contributed by atoms with E-state index in [-0.39, 0.29) is 30.1 Å². The van der Waals surface area contributed by atoms with Gasteiger partial charge in [-0.05, 0) is 19.8 Å². The average Bonchev–Trinajstić information content (AvgIpc) is 3.38. The monoisotopic (exact) mass is 520 g/mol. The Morgan fingerprint density at radius 1 is 1.39 bits per heavy atom. The van der Waals surface area contributed by atoms with E-state index in [0.29, 0.717) is 13.1 Å². The maximum absolute atomic E-state index is 5.69. The molecular formula is C17H29IN8OS. The van der Waals surface area contributed by atoms with Crippen molar-refractivity contribution in [2.24, 2.45) is 12.0 Å². The van der Waals surface area contributed by atoms with Crippen molar-refractivity contribution in [2.45, 2.75) is 39.0 Å². The van der Waals surface area contributed by atoms with Gasteiger partial charge in [0.05, 0.1) is 24.9 Å². The molecule has 1 atom stereocenters. The summed E-state index contributed by atoms with van der Waals surface area (Å²) in [6.07, 6.45) is 2.45. The first kappa shape index (κ1) is 22.8. The van der Waals surface area contributed by atoms with Crippen molar-refractivity contribution in [1.29, 1.82) is 0 Å². The van der Waals surface area contributed by atoms with Crippen LogP contribution in [-0.4, -0.2) is 59.1 Å². The smallest absolute Gasteiger partial charge is 0.192 e. The molecule has 0 radical (unpaired) electrons. The van der Waals surface area contributed by atoms with Crippen molar-refractivity contribution >= 4 is 46.4 Å². The third-order valence-electron chi connectivity index (χ3n) is 4.44. The van der Waals surface area contributed by atoms with Crippen LogP contribution in [0.5, 0.6) is 0 Å². The fourth-order valence-electron chi connectivity index (χ4n) is 2.69. The first-order valence-electron chi connectivity index (χ1n) is 9.13. The molecule has 0 amide bonds. The average molecular weight is 520 g/mol. The van der Waals surface area contributed by atoms with Gasteiger partial charge in [-0.3, -0.25) is 0 Å². The summed E-state index contributed by atoms with van der Waals surface area (Å²) >= 11 is 1.62. The number of guanidine groups is 1. The van der Waals surface area contributed by atoms with Gasteiger partial charge < -0.3 is 24.8 Å². The summed E-state index contributed by atoms with van der Waals surface area (Å²) in [5.74, 6) is 2.48. The Kier molecular flexibility index (Phi) is 8.89. The maximum Gasteiger partial charge on any atom is 0.192 e. The molecule has 2 aromatic rings. The number of rotatable bonds is 7. The van der Waals surface area contributed by atoms with Gasteiger partial charge in [0.2, 0.25) is 0 Å². The van der Waals surface area contributed by atoms with E-state index >= 15 is 0 Å². The highest BCUT2D eigenvalue weighted by Gasteiger charge is 2.16. The van der Waals surface area contributed by atoms with E-state index < -0.39 is 0 Å². The lowest BCUT2D eigenvalue weighted by Crippen LogP contribution is -2.41. The molecule has 1 aliphatic rings. The van der Waals surface area contributed by atoms with Gasteiger partial charge >= 0.3 is 0 Å². The van der Waals surface area contributed by atoms with E-state index in [4.69, 9.17) is 4.74 Å². The fourth-order valence-corrected chi connectivity index (χ4v) is 3.44. The molecule has 3 rings (SSSR count). The number of aryl methyl sites for hydroxylation is 1. The number of ether oxygens (including phenoxy) is 1. The molecule has 156 valence electrons. The van der Waals surface area contributed by atoms with Crippen LogP contribution in [0.1, 0.15) is 30.2 Å². The second-order valence-corrected chi connectivity index (χ2v) is 7.61. The number of thiazole rings is 1. The lowest BCUT2D eigenvalue weighted by atomic mass is 10.2. The van der Waals surface area contributed by atoms with Gasteiger partial charge in [-0.1, -0.05) is 0 Å². The molecule has 3 heterocycles. The highest BCUT2D eigenvalue weighted by Crippen LogP contribution is 2.18. The molecule has 28 heavy (non-hydrogen) atoms. The first-order valence-corrected chi connectivity index (χ1v) is 10.0. The standard InChI is InChI=1S/C17H28N8OS.HI/c1-12-22-23-15(25(12)4)10-20-16(19-9-14-6-5-7-26-14)18-8-13-11-27-17(21-13)24(2)3;/h11,14H,5-10H2,1-4H3,(H2,18,19,20);1H. The predicted octanol–water partition coefficient (Wildman–Crippen LogP) is 1.68. The summed E-state index contributed by atoms with van der Waals surface area (Å²) in [6.45, 7) is 4.59. The van der Waals surface area contributed by atoms with Crippen LogP contribution in [0.3, 0.4) is 0 Å². The summed E-state index contributed by atoms with van der Waals surface area (Å²) in [4.78, 5) is 11.3. The first-order chi connectivity index (χ1) is 13.0. The van der Waals surface area contributed by atoms with E-state index in [2.05, 4.69) is 30.8 Å². The fraction of sp³-hybridized carbons (Fsp3) is 0.647. The largest absolute Gasteiger partial charge is 0.376 e. The lowest BCUT2D eigenvalue weighted by molar-refractivity contribution is 0.113. The lowest BCUT2D eigenvalue weighted by Gasteiger charge is -2.15. The van der Waals surface area contributed by atoms with Crippen molar-refractivity contribution in [3.05, 3.63) is 22.7 Å². The number of aromatic nitrogens is 4. The summed E-state index contributed by atoms with van der Waals surface area (Å²) < 4.78 is 7.66. The number of anilines is 1. The summed E-state index contributed by atoms with van der Waals surface area (Å²) in [5, 5.41) is 18.0. The summed E-state index contributed by atoms with van der Waals surface area (Å²) in [5.41, 5.74) is 0.955. The van der Waals surface area contributed by atoms with Gasteiger partial charge in [0.15, 0.2) is 16.9 Å². The van der Waals surface area contributed by atoms with E-state index in [1.165, 1.54) is 0 Å².